The molecular weight excluding hydrogens is 117 g/mol. The second-order valence-electron chi connectivity index (χ2n) is 1.67. The maximum absolute atomic E-state index is 4.10. The zero-order valence-corrected chi connectivity index (χ0v) is 5.37. The predicted octanol–water partition coefficient (Wildman–Crippen LogP) is 1.80. The first kappa shape index (κ1) is 8.08. The minimum Gasteiger partial charge on any atom is -0.269 e. The normalized spacial score (nSPS) is 8.11. The number of hydrogen-bond acceptors (Lipinski definition) is 1. The van der Waals surface area contributed by atoms with E-state index in [0.29, 0.717) is 0 Å². The molecule has 0 saturated carbocycles. The number of aryl methyl sites for hydroxylation is 1. The molecule has 0 bridgehead atoms. The highest BCUT2D eigenvalue weighted by Crippen LogP contribution is 1.91. The summed E-state index contributed by atoms with van der Waals surface area (Å²) in [5.41, 5.74) is 1.16. The van der Waals surface area contributed by atoms with Gasteiger partial charge in [-0.15, -0.1) is 0 Å². The number of halogens is 1. The summed E-state index contributed by atoms with van der Waals surface area (Å²) in [4.78, 5) is 4.10. The largest absolute Gasteiger partial charge is 0.269 e. The van der Waals surface area contributed by atoms with Crippen LogP contribution in [0.5, 0.6) is 0 Å². The Hall–Kier alpha value is -0.920. The van der Waals surface area contributed by atoms with Gasteiger partial charge in [0.1, 0.15) is 0 Å². The predicted molar refractivity (Wildman–Crippen MR) is 36.1 cm³/mol. The Morgan fingerprint density at radius 1 is 1.44 bits per heavy atom. The highest BCUT2D eigenvalue weighted by Gasteiger charge is 1.81. The summed E-state index contributed by atoms with van der Waals surface area (Å²) < 4.78 is 0. The molecule has 50 valence electrons. The molecule has 0 N–H and O–H groups in total. The van der Waals surface area contributed by atoms with Gasteiger partial charge in [-0.05, 0) is 18.6 Å². The molecule has 1 aromatic rings. The van der Waals surface area contributed by atoms with Crippen molar-refractivity contribution in [2.45, 2.75) is 13.3 Å². The highest BCUT2D eigenvalue weighted by molar-refractivity contribution is 5.02. The van der Waals surface area contributed by atoms with Crippen LogP contribution < -0.4 is 0 Å². The van der Waals surface area contributed by atoms with Crippen molar-refractivity contribution in [2.24, 2.45) is 0 Å². The van der Waals surface area contributed by atoms with Crippen molar-refractivity contribution in [3.63, 3.8) is 0 Å². The van der Waals surface area contributed by atoms with Crippen molar-refractivity contribution in [3.8, 4) is 0 Å². The molecule has 1 aromatic heterocycles. The molecule has 0 aliphatic rings. The lowest BCUT2D eigenvalue weighted by Crippen LogP contribution is -1.81. The van der Waals surface area contributed by atoms with E-state index in [4.69, 9.17) is 0 Å². The van der Waals surface area contributed by atoms with Gasteiger partial charge in [-0.3, -0.25) is 9.69 Å². The van der Waals surface area contributed by atoms with Gasteiger partial charge in [-0.25, -0.2) is 0 Å². The summed E-state index contributed by atoms with van der Waals surface area (Å²) in [6.07, 6.45) is 2.85. The van der Waals surface area contributed by atoms with Crippen LogP contribution in [0, 0.1) is 0 Å². The van der Waals surface area contributed by atoms with E-state index in [1.165, 1.54) is 0 Å². The summed E-state index contributed by atoms with van der Waals surface area (Å²) in [5, 5.41) is 0. The maximum atomic E-state index is 4.10. The van der Waals surface area contributed by atoms with Crippen LogP contribution in [0.2, 0.25) is 0 Å². The third kappa shape index (κ3) is 2.22. The van der Waals surface area contributed by atoms with Crippen molar-refractivity contribution in [1.29, 1.82) is 0 Å². The Balaban J connectivity index is 0.000000640. The van der Waals surface area contributed by atoms with Gasteiger partial charge in [0.15, 0.2) is 0 Å². The average molecular weight is 127 g/mol. The van der Waals surface area contributed by atoms with Gasteiger partial charge in [0.05, 0.1) is 0 Å². The molecule has 0 aliphatic heterocycles. The molecule has 0 aromatic carbocycles. The second kappa shape index (κ2) is 4.01. The lowest BCUT2D eigenvalue weighted by Gasteiger charge is -1.88. The number of aromatic nitrogens is 1. The molecule has 9 heavy (non-hydrogen) atoms. The highest BCUT2D eigenvalue weighted by atomic mass is 19.0. The third-order valence-electron chi connectivity index (χ3n) is 1.09. The van der Waals surface area contributed by atoms with Crippen LogP contribution in [0.25, 0.3) is 0 Å². The number of pyridine rings is 1. The van der Waals surface area contributed by atoms with Gasteiger partial charge < -0.3 is 0 Å². The minimum atomic E-state index is 0. The van der Waals surface area contributed by atoms with Crippen LogP contribution in [0.1, 0.15) is 12.6 Å². The minimum absolute atomic E-state index is 0. The molecule has 0 unspecified atom stereocenters. The van der Waals surface area contributed by atoms with E-state index >= 15 is 0 Å². The quantitative estimate of drug-likeness (QED) is 0.560. The summed E-state index contributed by atoms with van der Waals surface area (Å²) >= 11 is 0. The van der Waals surface area contributed by atoms with E-state index in [1.807, 2.05) is 24.4 Å². The number of hydrogen-bond donors (Lipinski definition) is 0. The van der Waals surface area contributed by atoms with Crippen molar-refractivity contribution in [1.82, 2.24) is 4.98 Å². The van der Waals surface area contributed by atoms with Crippen LogP contribution in [0.4, 0.5) is 4.70 Å². The van der Waals surface area contributed by atoms with Crippen LogP contribution in [-0.4, -0.2) is 4.98 Å². The molecule has 1 heterocycles. The van der Waals surface area contributed by atoms with E-state index in [0.717, 1.165) is 12.1 Å². The first-order chi connectivity index (χ1) is 3.93. The Kier molecular flexibility index (Phi) is 3.60. The van der Waals surface area contributed by atoms with E-state index in [-0.39, 0.29) is 4.70 Å². The van der Waals surface area contributed by atoms with Crippen LogP contribution >= 0.6 is 0 Å². The van der Waals surface area contributed by atoms with E-state index in [2.05, 4.69) is 11.9 Å². The van der Waals surface area contributed by atoms with Gasteiger partial charge >= 0.3 is 0 Å². The van der Waals surface area contributed by atoms with E-state index < -0.39 is 0 Å². The van der Waals surface area contributed by atoms with Crippen molar-refractivity contribution >= 4 is 0 Å². The Morgan fingerprint density at radius 2 is 2.22 bits per heavy atom. The molecule has 0 spiro atoms. The SMILES string of the molecule is CCc1ccccn1.F. The number of rotatable bonds is 1. The van der Waals surface area contributed by atoms with Gasteiger partial charge in [-0.1, -0.05) is 13.0 Å². The summed E-state index contributed by atoms with van der Waals surface area (Å²) in [5.74, 6) is 0. The lowest BCUT2D eigenvalue weighted by atomic mass is 10.3. The monoisotopic (exact) mass is 127 g/mol. The molecule has 0 amide bonds. The Morgan fingerprint density at radius 3 is 2.56 bits per heavy atom. The molecule has 0 aliphatic carbocycles. The Bertz CT molecular complexity index is 150. The molecule has 1 rings (SSSR count). The van der Waals surface area contributed by atoms with Gasteiger partial charge in [0.25, 0.3) is 0 Å². The Labute approximate surface area is 54.1 Å². The first-order valence-corrected chi connectivity index (χ1v) is 2.83. The standard InChI is InChI=1S/C7H9N.FH/c1-2-7-5-3-4-6-8-7;/h3-6H,2H2,1H3;1H. The van der Waals surface area contributed by atoms with Crippen molar-refractivity contribution < 1.29 is 4.70 Å². The zero-order valence-electron chi connectivity index (χ0n) is 5.37. The molecule has 0 saturated heterocycles. The molecule has 0 fully saturated rings. The van der Waals surface area contributed by atoms with Crippen LogP contribution in [0.15, 0.2) is 24.4 Å². The average Bonchev–Trinajstić information content (AvgIpc) is 1.90. The van der Waals surface area contributed by atoms with Crippen molar-refractivity contribution in [3.05, 3.63) is 30.1 Å². The van der Waals surface area contributed by atoms with Crippen molar-refractivity contribution in [2.75, 3.05) is 0 Å². The number of nitrogens with zero attached hydrogens (tertiary/aromatic N) is 1. The molecule has 2 heteroatoms. The molecular formula is C7H10FN. The smallest absolute Gasteiger partial charge is 0.0400 e. The lowest BCUT2D eigenvalue weighted by molar-refractivity contribution is 1.04. The van der Waals surface area contributed by atoms with E-state index in [9.17, 15) is 0 Å². The fourth-order valence-corrected chi connectivity index (χ4v) is 0.607. The van der Waals surface area contributed by atoms with E-state index in [1.54, 1.807) is 0 Å². The second-order valence-corrected chi connectivity index (χ2v) is 1.67. The summed E-state index contributed by atoms with van der Waals surface area (Å²) in [6, 6.07) is 5.96. The van der Waals surface area contributed by atoms with Gasteiger partial charge in [-0.2, -0.15) is 0 Å². The molecule has 0 atom stereocenters. The van der Waals surface area contributed by atoms with Crippen LogP contribution in [-0.2, 0) is 6.42 Å². The third-order valence-corrected chi connectivity index (χ3v) is 1.09. The maximum Gasteiger partial charge on any atom is 0.0400 e. The fourth-order valence-electron chi connectivity index (χ4n) is 0.607. The molecule has 0 radical (unpaired) electrons. The topological polar surface area (TPSA) is 12.9 Å². The van der Waals surface area contributed by atoms with Gasteiger partial charge in [0.2, 0.25) is 0 Å². The molecule has 1 nitrogen and oxygen atoms in total. The first-order valence-electron chi connectivity index (χ1n) is 2.83. The van der Waals surface area contributed by atoms with Gasteiger partial charge in [0, 0.05) is 11.9 Å². The summed E-state index contributed by atoms with van der Waals surface area (Å²) in [6.45, 7) is 2.10. The fraction of sp³-hybridized carbons (Fsp3) is 0.286. The summed E-state index contributed by atoms with van der Waals surface area (Å²) in [7, 11) is 0. The van der Waals surface area contributed by atoms with Crippen LogP contribution in [0.3, 0.4) is 0 Å². The zero-order chi connectivity index (χ0) is 5.82.